The summed E-state index contributed by atoms with van der Waals surface area (Å²) in [6.45, 7) is 7.68. The zero-order valence-corrected chi connectivity index (χ0v) is 37.6. The lowest BCUT2D eigenvalue weighted by molar-refractivity contribution is -0.136. The molecule has 10 atom stereocenters. The maximum Gasteiger partial charge on any atom is 0.469 e. The number of hydrogen-bond acceptors (Lipinski definition) is 16. The van der Waals surface area contributed by atoms with Crippen LogP contribution in [0.4, 0.5) is 0 Å². The number of amides is 4. The van der Waals surface area contributed by atoms with Crippen LogP contribution in [0.1, 0.15) is 87.5 Å². The second-order valence-corrected chi connectivity index (χ2v) is 17.9. The van der Waals surface area contributed by atoms with Gasteiger partial charge < -0.3 is 51.7 Å². The first-order valence-corrected chi connectivity index (χ1v) is 22.5. The van der Waals surface area contributed by atoms with Crippen molar-refractivity contribution in [2.45, 2.75) is 118 Å². The van der Waals surface area contributed by atoms with Gasteiger partial charge in [0.15, 0.2) is 23.1 Å². The number of aliphatic hydroxyl groups is 1. The van der Waals surface area contributed by atoms with Crippen LogP contribution in [0.2, 0.25) is 0 Å². The molecular weight excluding hydrogens is 868 g/mol. The number of hydrogen-bond donors (Lipinski definition) is 10. The Labute approximate surface area is 358 Å². The van der Waals surface area contributed by atoms with Gasteiger partial charge in [-0.05, 0) is 27.7 Å². The summed E-state index contributed by atoms with van der Waals surface area (Å²) in [5.74, 6) is -13.2. The summed E-state index contributed by atoms with van der Waals surface area (Å²) in [5, 5.41) is 18.8. The smallest absolute Gasteiger partial charge is 0.394 e. The second-order valence-electron chi connectivity index (χ2n) is 15.4. The minimum absolute atomic E-state index is 0.246. The third-order valence-corrected chi connectivity index (χ3v) is 10.5. The van der Waals surface area contributed by atoms with Crippen LogP contribution < -0.4 is 27.0 Å². The Kier molecular flexibility index (Phi) is 24.9. The van der Waals surface area contributed by atoms with Crippen LogP contribution in [0.3, 0.4) is 0 Å². The van der Waals surface area contributed by atoms with Gasteiger partial charge in [0.2, 0.25) is 23.6 Å². The first-order valence-electron chi connectivity index (χ1n) is 19.4. The van der Waals surface area contributed by atoms with Gasteiger partial charge in [-0.1, -0.05) is 27.7 Å². The predicted octanol–water partition coefficient (Wildman–Crippen LogP) is -1.93. The molecule has 0 heterocycles. The number of phosphoric ester groups is 2. The Bertz CT molecular complexity index is 1750. The summed E-state index contributed by atoms with van der Waals surface area (Å²) in [4.78, 5) is 164. The van der Waals surface area contributed by atoms with E-state index in [4.69, 9.17) is 15.5 Å². The molecule has 4 amide bonds. The van der Waals surface area contributed by atoms with Crippen molar-refractivity contribution in [2.24, 2.45) is 35.3 Å². The van der Waals surface area contributed by atoms with Crippen molar-refractivity contribution >= 4 is 74.0 Å². The minimum atomic E-state index is -5.20. The topological polar surface area (TPSA) is 399 Å². The number of carbonyl (C=O) groups is 10. The van der Waals surface area contributed by atoms with Gasteiger partial charge in [0.25, 0.3) is 0 Å². The van der Waals surface area contributed by atoms with E-state index < -0.39 is 167 Å². The number of phosphoric acid groups is 2. The first-order chi connectivity index (χ1) is 28.3. The van der Waals surface area contributed by atoms with Crippen LogP contribution in [-0.4, -0.2) is 133 Å². The van der Waals surface area contributed by atoms with E-state index in [1.54, 1.807) is 0 Å². The van der Waals surface area contributed by atoms with E-state index in [0.717, 1.165) is 0 Å². The molecule has 0 spiro atoms. The molecule has 0 unspecified atom stereocenters. The third-order valence-electron chi connectivity index (χ3n) is 9.52. The Balaban J connectivity index is 5.71. The fourth-order valence-corrected chi connectivity index (χ4v) is 5.92. The summed E-state index contributed by atoms with van der Waals surface area (Å²) < 4.78 is 31.6. The monoisotopic (exact) mass is 929 g/mol. The minimum Gasteiger partial charge on any atom is -0.394 e. The molecule has 26 heteroatoms. The summed E-state index contributed by atoms with van der Waals surface area (Å²) in [7, 11) is -10.3. The van der Waals surface area contributed by atoms with E-state index >= 15 is 0 Å². The van der Waals surface area contributed by atoms with E-state index in [0.29, 0.717) is 0 Å². The number of nitrogens with one attached hydrogen (secondary N) is 4. The predicted molar refractivity (Wildman–Crippen MR) is 215 cm³/mol. The molecule has 354 valence electrons. The van der Waals surface area contributed by atoms with E-state index in [-0.39, 0.29) is 18.6 Å². The van der Waals surface area contributed by atoms with Crippen molar-refractivity contribution in [3.05, 3.63) is 0 Å². The highest BCUT2D eigenvalue weighted by atomic mass is 31.2. The normalized spacial score (nSPS) is 16.7. The average Bonchev–Trinajstić information content (AvgIpc) is 3.15. The van der Waals surface area contributed by atoms with E-state index in [1.165, 1.54) is 55.4 Å². The number of rotatable bonds is 31. The summed E-state index contributed by atoms with van der Waals surface area (Å²) in [6, 6.07) is -6.67. The maximum absolute atomic E-state index is 13.2. The lowest BCUT2D eigenvalue weighted by Gasteiger charge is -2.23. The molecule has 0 aliphatic rings. The largest absolute Gasteiger partial charge is 0.469 e. The van der Waals surface area contributed by atoms with Gasteiger partial charge in [-0.3, -0.25) is 57.0 Å². The van der Waals surface area contributed by atoms with Crippen molar-refractivity contribution < 1.29 is 90.8 Å². The SMILES string of the molecule is CC(=O)[C@H](C)CC(=O)[C@H](CO)NC(=O)[C@H](C)CC(=O)[C@H](C)NC(=O)[C@H](COP(=O)(O)O)CC(=O)[C@H](C)NC(=O)[C@H](C)CC(=O)[C@H](COP(=O)(O)O)NC(=O)[C@H](C)CC(=O)[C@H](C)N. The van der Waals surface area contributed by atoms with Gasteiger partial charge in [-0.15, -0.1) is 0 Å². The van der Waals surface area contributed by atoms with Crippen molar-refractivity contribution in [1.82, 2.24) is 21.3 Å². The molecule has 62 heavy (non-hydrogen) atoms. The van der Waals surface area contributed by atoms with Crippen molar-refractivity contribution in [3.8, 4) is 0 Å². The van der Waals surface area contributed by atoms with E-state index in [2.05, 4.69) is 30.3 Å². The summed E-state index contributed by atoms with van der Waals surface area (Å²) in [5.41, 5.74) is 5.52. The molecule has 0 fully saturated rings. The molecule has 0 aromatic heterocycles. The quantitative estimate of drug-likeness (QED) is 0.0338. The molecule has 0 aromatic carbocycles. The number of ketones is 6. The van der Waals surface area contributed by atoms with Crippen molar-refractivity contribution in [2.75, 3.05) is 19.8 Å². The molecule has 11 N–H and O–H groups in total. The molecule has 0 bridgehead atoms. The standard InChI is InChI=1S/C36H61N5O19P2/c1-17(24(8)43)9-31(47)26(14-42)40-34(50)19(3)11-29(45)22(6)39-36(52)25(15-59-61(53,54)55)13-30(46)23(7)38-33(49)20(4)12-32(48)27(16-60-62(56,57)58)41-35(51)18(2)10-28(44)21(5)37/h17-23,25-27,42H,9-16,37H2,1-8H3,(H,38,49)(H,39,52)(H,40,50)(H,41,51)(H2,53,54,55)(H2,56,57,58)/t17-,18-,19-,20-,21+,22+,23+,25+,26+,27+/m1/s1. The van der Waals surface area contributed by atoms with Gasteiger partial charge in [-0.2, -0.15) is 0 Å². The first kappa shape index (κ1) is 58.0. The molecule has 0 radical (unpaired) electrons. The molecular formula is C36H61N5O19P2. The zero-order valence-electron chi connectivity index (χ0n) is 35.9. The highest BCUT2D eigenvalue weighted by Crippen LogP contribution is 2.37. The van der Waals surface area contributed by atoms with E-state index in [9.17, 15) is 72.0 Å². The van der Waals surface area contributed by atoms with Gasteiger partial charge in [-0.25, -0.2) is 9.13 Å². The average molecular weight is 930 g/mol. The van der Waals surface area contributed by atoms with Gasteiger partial charge in [0, 0.05) is 55.8 Å². The fourth-order valence-electron chi connectivity index (χ4n) is 5.20. The fraction of sp³-hybridized carbons (Fsp3) is 0.722. The molecule has 0 aliphatic carbocycles. The Morgan fingerprint density at radius 1 is 0.500 bits per heavy atom. The third kappa shape index (κ3) is 22.9. The number of nitrogens with two attached hydrogens (primary N) is 1. The number of aliphatic hydroxyl groups excluding tert-OH is 1. The molecule has 0 saturated heterocycles. The Hall–Kier alpha value is -3.96. The zero-order chi connectivity index (χ0) is 48.4. The molecule has 0 saturated carbocycles. The highest BCUT2D eigenvalue weighted by Gasteiger charge is 2.34. The maximum atomic E-state index is 13.2. The van der Waals surface area contributed by atoms with Gasteiger partial charge in [0.05, 0.1) is 43.9 Å². The van der Waals surface area contributed by atoms with Crippen LogP contribution in [0.5, 0.6) is 0 Å². The van der Waals surface area contributed by atoms with Crippen LogP contribution in [0, 0.1) is 29.6 Å². The summed E-state index contributed by atoms with van der Waals surface area (Å²) >= 11 is 0. The van der Waals surface area contributed by atoms with Crippen LogP contribution in [0.25, 0.3) is 0 Å². The Morgan fingerprint density at radius 2 is 0.855 bits per heavy atom. The van der Waals surface area contributed by atoms with Crippen molar-refractivity contribution in [1.29, 1.82) is 0 Å². The highest BCUT2D eigenvalue weighted by molar-refractivity contribution is 7.46. The lowest BCUT2D eigenvalue weighted by Crippen LogP contribution is -2.48. The number of Topliss-reactive ketones (excluding diaryl/α,β-unsaturated/α-hetero) is 6. The molecule has 0 aromatic rings. The van der Waals surface area contributed by atoms with Crippen LogP contribution in [0.15, 0.2) is 0 Å². The van der Waals surface area contributed by atoms with Crippen molar-refractivity contribution in [3.63, 3.8) is 0 Å². The Morgan fingerprint density at radius 3 is 1.29 bits per heavy atom. The van der Waals surface area contributed by atoms with Crippen LogP contribution in [-0.2, 0) is 66.1 Å². The molecule has 24 nitrogen and oxygen atoms in total. The molecule has 0 rings (SSSR count). The summed E-state index contributed by atoms with van der Waals surface area (Å²) in [6.07, 6.45) is -2.53. The van der Waals surface area contributed by atoms with Gasteiger partial charge in [0.1, 0.15) is 23.7 Å². The van der Waals surface area contributed by atoms with E-state index in [1.807, 2.05) is 0 Å². The lowest BCUT2D eigenvalue weighted by atomic mass is 9.95. The number of carbonyl (C=O) groups excluding carboxylic acids is 10. The molecule has 0 aliphatic heterocycles. The second kappa shape index (κ2) is 26.6. The van der Waals surface area contributed by atoms with Crippen LogP contribution >= 0.6 is 15.6 Å². The van der Waals surface area contributed by atoms with Gasteiger partial charge >= 0.3 is 15.6 Å².